The van der Waals surface area contributed by atoms with Crippen molar-refractivity contribution in [1.82, 2.24) is 20.4 Å². The number of hydrogen-bond acceptors (Lipinski definition) is 4. The lowest BCUT2D eigenvalue weighted by molar-refractivity contribution is -0.160. The summed E-state index contributed by atoms with van der Waals surface area (Å²) in [7, 11) is 1.21. The number of ether oxygens (including phenoxy) is 1. The van der Waals surface area contributed by atoms with Gasteiger partial charge in [-0.3, -0.25) is 9.48 Å². The summed E-state index contributed by atoms with van der Waals surface area (Å²) < 4.78 is 79.5. The van der Waals surface area contributed by atoms with E-state index < -0.39 is 48.3 Å². The lowest BCUT2D eigenvalue weighted by atomic mass is 10.1. The first kappa shape index (κ1) is 26.5. The van der Waals surface area contributed by atoms with Gasteiger partial charge in [0.05, 0.1) is 5.56 Å². The molecule has 0 bridgehead atoms. The summed E-state index contributed by atoms with van der Waals surface area (Å²) in [5, 5.41) is 7.53. The van der Waals surface area contributed by atoms with Crippen LogP contribution in [0.1, 0.15) is 49.7 Å². The smallest absolute Gasteiger partial charge is 0.435 e. The second kappa shape index (κ2) is 11.5. The molecule has 7 nitrogen and oxygen atoms in total. The van der Waals surface area contributed by atoms with Crippen molar-refractivity contribution in [2.45, 2.75) is 52.0 Å². The van der Waals surface area contributed by atoms with Crippen LogP contribution in [0.25, 0.3) is 0 Å². The average molecular weight is 434 g/mol. The van der Waals surface area contributed by atoms with E-state index in [1.165, 1.54) is 7.05 Å². The normalized spacial score (nSPS) is 12.5. The first-order chi connectivity index (χ1) is 13.3. The van der Waals surface area contributed by atoms with Crippen LogP contribution in [0, 0.1) is 0 Å². The van der Waals surface area contributed by atoms with Crippen molar-refractivity contribution < 1.29 is 40.7 Å². The quantitative estimate of drug-likeness (QED) is 0.642. The molecule has 1 rings (SSSR count). The third kappa shape index (κ3) is 10.0. The van der Waals surface area contributed by atoms with Gasteiger partial charge in [0.1, 0.15) is 0 Å². The SMILES string of the molecule is CC.CCCC(CNC(=O)c1cn(C)nc1C(F)(F)F)NC(=O)OCC(F)(F)F. The zero-order valence-electron chi connectivity index (χ0n) is 16.4. The second-order valence-corrected chi connectivity index (χ2v) is 5.59. The van der Waals surface area contributed by atoms with Crippen LogP contribution in [-0.2, 0) is 18.0 Å². The van der Waals surface area contributed by atoms with Crippen molar-refractivity contribution in [3.05, 3.63) is 17.5 Å². The van der Waals surface area contributed by atoms with Crippen molar-refractivity contribution in [2.75, 3.05) is 13.2 Å². The Balaban J connectivity index is 0.00000379. The molecule has 29 heavy (non-hydrogen) atoms. The van der Waals surface area contributed by atoms with Gasteiger partial charge in [-0.1, -0.05) is 27.2 Å². The molecule has 0 saturated carbocycles. The highest BCUT2D eigenvalue weighted by atomic mass is 19.4. The predicted molar refractivity (Wildman–Crippen MR) is 91.1 cm³/mol. The first-order valence-electron chi connectivity index (χ1n) is 8.72. The second-order valence-electron chi connectivity index (χ2n) is 5.59. The van der Waals surface area contributed by atoms with Crippen LogP contribution in [0.3, 0.4) is 0 Å². The number of amides is 2. The van der Waals surface area contributed by atoms with Crippen LogP contribution in [0.2, 0.25) is 0 Å². The number of aromatic nitrogens is 2. The number of halogens is 6. The summed E-state index contributed by atoms with van der Waals surface area (Å²) >= 11 is 0. The monoisotopic (exact) mass is 434 g/mol. The van der Waals surface area contributed by atoms with Crippen LogP contribution in [0.4, 0.5) is 31.1 Å². The maximum absolute atomic E-state index is 12.9. The van der Waals surface area contributed by atoms with Gasteiger partial charge in [-0.05, 0) is 6.42 Å². The molecule has 1 aromatic heterocycles. The van der Waals surface area contributed by atoms with E-state index in [4.69, 9.17) is 0 Å². The Morgan fingerprint density at radius 2 is 1.79 bits per heavy atom. The van der Waals surface area contributed by atoms with E-state index in [-0.39, 0.29) is 13.0 Å². The van der Waals surface area contributed by atoms with Crippen molar-refractivity contribution in [3.8, 4) is 0 Å². The average Bonchev–Trinajstić information content (AvgIpc) is 3.01. The largest absolute Gasteiger partial charge is 0.440 e. The van der Waals surface area contributed by atoms with Crippen LogP contribution in [-0.4, -0.2) is 47.2 Å². The van der Waals surface area contributed by atoms with E-state index in [0.29, 0.717) is 6.42 Å². The highest BCUT2D eigenvalue weighted by molar-refractivity contribution is 5.95. The number of nitrogens with one attached hydrogen (secondary N) is 2. The Kier molecular flexibility index (Phi) is 10.5. The van der Waals surface area contributed by atoms with Crippen LogP contribution in [0.15, 0.2) is 6.20 Å². The molecule has 0 aliphatic rings. The lowest BCUT2D eigenvalue weighted by Crippen LogP contribution is -2.44. The third-order valence-electron chi connectivity index (χ3n) is 3.18. The molecule has 0 spiro atoms. The number of aryl methyl sites for hydroxylation is 1. The molecule has 168 valence electrons. The number of carbonyl (C=O) groups is 2. The van der Waals surface area contributed by atoms with Crippen molar-refractivity contribution in [2.24, 2.45) is 7.05 Å². The molecule has 1 heterocycles. The summed E-state index contributed by atoms with van der Waals surface area (Å²) in [6.45, 7) is 3.62. The van der Waals surface area contributed by atoms with Crippen molar-refractivity contribution >= 4 is 12.0 Å². The minimum atomic E-state index is -4.84. The molecule has 1 aromatic rings. The molecule has 0 aromatic carbocycles. The molecule has 0 fully saturated rings. The van der Waals surface area contributed by atoms with Gasteiger partial charge in [-0.2, -0.15) is 31.4 Å². The minimum Gasteiger partial charge on any atom is -0.440 e. The number of rotatable bonds is 7. The van der Waals surface area contributed by atoms with Gasteiger partial charge < -0.3 is 15.4 Å². The highest BCUT2D eigenvalue weighted by Gasteiger charge is 2.39. The Hall–Kier alpha value is -2.47. The van der Waals surface area contributed by atoms with Gasteiger partial charge in [0, 0.05) is 25.8 Å². The predicted octanol–water partition coefficient (Wildman–Crippen LogP) is 3.65. The molecule has 1 atom stereocenters. The maximum Gasteiger partial charge on any atom is 0.435 e. The fourth-order valence-corrected chi connectivity index (χ4v) is 2.10. The van der Waals surface area contributed by atoms with Gasteiger partial charge >= 0.3 is 18.4 Å². The summed E-state index contributed by atoms with van der Waals surface area (Å²) in [6.07, 6.45) is -9.26. The van der Waals surface area contributed by atoms with E-state index in [2.05, 4.69) is 20.5 Å². The molecule has 0 aliphatic heterocycles. The van der Waals surface area contributed by atoms with Gasteiger partial charge in [-0.25, -0.2) is 4.79 Å². The lowest BCUT2D eigenvalue weighted by Gasteiger charge is -2.19. The van der Waals surface area contributed by atoms with Gasteiger partial charge in [-0.15, -0.1) is 0 Å². The molecular formula is C16H24F6N4O3. The van der Waals surface area contributed by atoms with Gasteiger partial charge in [0.15, 0.2) is 12.3 Å². The fraction of sp³-hybridized carbons (Fsp3) is 0.688. The maximum atomic E-state index is 12.9. The summed E-state index contributed by atoms with van der Waals surface area (Å²) in [5.74, 6) is -1.08. The summed E-state index contributed by atoms with van der Waals surface area (Å²) in [4.78, 5) is 23.4. The number of alkyl halides is 6. The number of alkyl carbamates (subject to hydrolysis) is 1. The fourth-order valence-electron chi connectivity index (χ4n) is 2.10. The first-order valence-corrected chi connectivity index (χ1v) is 8.72. The third-order valence-corrected chi connectivity index (χ3v) is 3.18. The zero-order valence-corrected chi connectivity index (χ0v) is 16.4. The van der Waals surface area contributed by atoms with E-state index in [1.54, 1.807) is 6.92 Å². The highest BCUT2D eigenvalue weighted by Crippen LogP contribution is 2.30. The van der Waals surface area contributed by atoms with Gasteiger partial charge in [0.2, 0.25) is 0 Å². The summed E-state index contributed by atoms with van der Waals surface area (Å²) in [5.41, 5.74) is -2.08. The Morgan fingerprint density at radius 1 is 1.21 bits per heavy atom. The zero-order chi connectivity index (χ0) is 22.8. The van der Waals surface area contributed by atoms with E-state index in [9.17, 15) is 35.9 Å². The van der Waals surface area contributed by atoms with E-state index in [1.807, 2.05) is 13.8 Å². The molecular weight excluding hydrogens is 410 g/mol. The Morgan fingerprint density at radius 3 is 2.28 bits per heavy atom. The molecule has 13 heteroatoms. The number of hydrogen-bond donors (Lipinski definition) is 2. The number of nitrogens with zero attached hydrogens (tertiary/aromatic N) is 2. The molecule has 2 amide bonds. The molecule has 0 radical (unpaired) electrons. The van der Waals surface area contributed by atoms with Crippen molar-refractivity contribution in [3.63, 3.8) is 0 Å². The van der Waals surface area contributed by atoms with E-state index >= 15 is 0 Å². The Labute approximate surface area is 163 Å². The molecule has 1 unspecified atom stereocenters. The minimum absolute atomic E-state index is 0.251. The Bertz CT molecular complexity index is 658. The van der Waals surface area contributed by atoms with E-state index in [0.717, 1.165) is 10.9 Å². The number of carbonyl (C=O) groups excluding carboxylic acids is 2. The van der Waals surface area contributed by atoms with Gasteiger partial charge in [0.25, 0.3) is 5.91 Å². The molecule has 0 saturated heterocycles. The standard InChI is InChI=1S/C14H18F6N4O3.C2H6/c1-3-4-8(22-12(26)27-7-13(15,16)17)5-21-11(25)9-6-24(2)23-10(9)14(18,19)20;1-2/h6,8H,3-5,7H2,1-2H3,(H,21,25)(H,22,26);1-2H3. The van der Waals surface area contributed by atoms with Crippen LogP contribution >= 0.6 is 0 Å². The molecule has 2 N–H and O–H groups in total. The van der Waals surface area contributed by atoms with Crippen molar-refractivity contribution in [1.29, 1.82) is 0 Å². The van der Waals surface area contributed by atoms with Crippen LogP contribution < -0.4 is 10.6 Å². The summed E-state index contributed by atoms with van der Waals surface area (Å²) in [6, 6.07) is -0.828. The van der Waals surface area contributed by atoms with Crippen LogP contribution in [0.5, 0.6) is 0 Å². The topological polar surface area (TPSA) is 85.3 Å². The molecule has 0 aliphatic carbocycles.